The van der Waals surface area contributed by atoms with E-state index in [1.165, 1.54) is 0 Å². The average molecular weight is 144 g/mol. The van der Waals surface area contributed by atoms with E-state index in [1.54, 1.807) is 0 Å². The summed E-state index contributed by atoms with van der Waals surface area (Å²) in [5.74, 6) is 0.181. The van der Waals surface area contributed by atoms with Gasteiger partial charge in [0.2, 0.25) is 0 Å². The Morgan fingerprint density at radius 2 is 2.00 bits per heavy atom. The lowest BCUT2D eigenvalue weighted by Crippen LogP contribution is -2.49. The van der Waals surface area contributed by atoms with Crippen molar-refractivity contribution in [3.05, 3.63) is 0 Å². The maximum atomic E-state index is 9.28. The van der Waals surface area contributed by atoms with Crippen LogP contribution in [-0.4, -0.2) is 28.7 Å². The van der Waals surface area contributed by atoms with Crippen LogP contribution in [0.15, 0.2) is 0 Å². The predicted octanol–water partition coefficient (Wildman–Crippen LogP) is -0.135. The lowest BCUT2D eigenvalue weighted by molar-refractivity contribution is -0.255. The van der Waals surface area contributed by atoms with Crippen LogP contribution in [0, 0.1) is 5.92 Å². The van der Waals surface area contributed by atoms with E-state index in [4.69, 9.17) is 4.74 Å². The first-order valence-electron chi connectivity index (χ1n) is 3.79. The summed E-state index contributed by atoms with van der Waals surface area (Å²) in [6.45, 7) is 0. The quantitative estimate of drug-likeness (QED) is 0.497. The fourth-order valence-corrected chi connectivity index (χ4v) is 1.86. The SMILES string of the molecule is OC1O[C@H]2CCC1C[C@@H]2O. The van der Waals surface area contributed by atoms with E-state index >= 15 is 0 Å². The van der Waals surface area contributed by atoms with E-state index in [9.17, 15) is 10.2 Å². The van der Waals surface area contributed by atoms with Gasteiger partial charge in [-0.3, -0.25) is 0 Å². The molecule has 10 heavy (non-hydrogen) atoms. The number of aliphatic hydroxyl groups is 2. The fourth-order valence-electron chi connectivity index (χ4n) is 1.86. The molecule has 58 valence electrons. The number of hydrogen-bond donors (Lipinski definition) is 2. The van der Waals surface area contributed by atoms with E-state index in [-0.39, 0.29) is 18.1 Å². The Labute approximate surface area is 59.6 Å². The Balaban J connectivity index is 2.09. The number of ether oxygens (including phenoxy) is 1. The summed E-state index contributed by atoms with van der Waals surface area (Å²) < 4.78 is 5.10. The Hall–Kier alpha value is -0.120. The summed E-state index contributed by atoms with van der Waals surface area (Å²) in [5, 5.41) is 18.5. The molecule has 0 aromatic rings. The van der Waals surface area contributed by atoms with Gasteiger partial charge >= 0.3 is 0 Å². The summed E-state index contributed by atoms with van der Waals surface area (Å²) in [6.07, 6.45) is 1.58. The van der Waals surface area contributed by atoms with E-state index in [0.29, 0.717) is 6.42 Å². The molecule has 2 aliphatic heterocycles. The minimum absolute atomic E-state index is 0.0972. The standard InChI is InChI=1S/C7H12O3/c8-5-3-4-1-2-6(5)10-7(4)9/h4-9H,1-3H2/t4?,5-,6-,7?/m0/s1. The van der Waals surface area contributed by atoms with Crippen molar-refractivity contribution in [3.8, 4) is 0 Å². The Kier molecular flexibility index (Phi) is 1.44. The zero-order chi connectivity index (χ0) is 7.14. The van der Waals surface area contributed by atoms with Crippen molar-refractivity contribution in [3.63, 3.8) is 0 Å². The highest BCUT2D eigenvalue weighted by molar-refractivity contribution is 4.86. The molecule has 3 fully saturated rings. The molecule has 0 aromatic heterocycles. The van der Waals surface area contributed by atoms with Crippen LogP contribution >= 0.6 is 0 Å². The molecule has 1 aliphatic carbocycles. The predicted molar refractivity (Wildman–Crippen MR) is 34.2 cm³/mol. The number of fused-ring (bicyclic) bond motifs is 3. The lowest BCUT2D eigenvalue weighted by Gasteiger charge is -2.42. The molecular formula is C7H12O3. The van der Waals surface area contributed by atoms with Gasteiger partial charge in [0.25, 0.3) is 0 Å². The van der Waals surface area contributed by atoms with Gasteiger partial charge in [-0.2, -0.15) is 0 Å². The molecule has 2 saturated heterocycles. The second-order valence-electron chi connectivity index (χ2n) is 3.21. The maximum Gasteiger partial charge on any atom is 0.157 e. The first kappa shape index (κ1) is 6.58. The Bertz CT molecular complexity index is 121. The monoisotopic (exact) mass is 144 g/mol. The van der Waals surface area contributed by atoms with Gasteiger partial charge in [0.05, 0.1) is 12.2 Å². The van der Waals surface area contributed by atoms with Gasteiger partial charge in [-0.1, -0.05) is 0 Å². The second kappa shape index (κ2) is 2.19. The van der Waals surface area contributed by atoms with Crippen molar-refractivity contribution in [2.45, 2.75) is 37.8 Å². The third kappa shape index (κ3) is 0.856. The van der Waals surface area contributed by atoms with Crippen LogP contribution < -0.4 is 0 Å². The molecular weight excluding hydrogens is 132 g/mol. The molecule has 2 bridgehead atoms. The molecule has 3 nitrogen and oxygen atoms in total. The Morgan fingerprint density at radius 1 is 1.20 bits per heavy atom. The molecule has 4 atom stereocenters. The molecule has 0 amide bonds. The lowest BCUT2D eigenvalue weighted by atomic mass is 9.82. The van der Waals surface area contributed by atoms with Crippen LogP contribution in [0.25, 0.3) is 0 Å². The van der Waals surface area contributed by atoms with Gasteiger partial charge in [0, 0.05) is 5.92 Å². The zero-order valence-corrected chi connectivity index (χ0v) is 5.73. The molecule has 1 saturated carbocycles. The molecule has 3 aliphatic rings. The molecule has 0 aromatic carbocycles. The number of rotatable bonds is 0. The van der Waals surface area contributed by atoms with Crippen molar-refractivity contribution in [1.29, 1.82) is 0 Å². The van der Waals surface area contributed by atoms with Crippen LogP contribution in [0.3, 0.4) is 0 Å². The number of aliphatic hydroxyl groups excluding tert-OH is 2. The van der Waals surface area contributed by atoms with E-state index in [2.05, 4.69) is 0 Å². The average Bonchev–Trinajstić information content (AvgIpc) is 1.91. The van der Waals surface area contributed by atoms with Gasteiger partial charge in [-0.25, -0.2) is 0 Å². The highest BCUT2D eigenvalue weighted by Gasteiger charge is 2.40. The Morgan fingerprint density at radius 3 is 2.30 bits per heavy atom. The van der Waals surface area contributed by atoms with Gasteiger partial charge in [-0.15, -0.1) is 0 Å². The maximum absolute atomic E-state index is 9.28. The first-order valence-corrected chi connectivity index (χ1v) is 3.79. The summed E-state index contributed by atoms with van der Waals surface area (Å²) in [7, 11) is 0. The molecule has 2 unspecified atom stereocenters. The summed E-state index contributed by atoms with van der Waals surface area (Å²) in [5.41, 5.74) is 0. The molecule has 3 rings (SSSR count). The minimum Gasteiger partial charge on any atom is -0.390 e. The minimum atomic E-state index is -0.609. The zero-order valence-electron chi connectivity index (χ0n) is 5.73. The molecule has 0 spiro atoms. The molecule has 2 heterocycles. The fraction of sp³-hybridized carbons (Fsp3) is 1.00. The third-order valence-corrected chi connectivity index (χ3v) is 2.51. The van der Waals surface area contributed by atoms with Crippen molar-refractivity contribution in [1.82, 2.24) is 0 Å². The van der Waals surface area contributed by atoms with Crippen molar-refractivity contribution in [2.24, 2.45) is 5.92 Å². The smallest absolute Gasteiger partial charge is 0.157 e. The molecule has 3 heteroatoms. The summed E-state index contributed by atoms with van der Waals surface area (Å²) in [4.78, 5) is 0. The summed E-state index contributed by atoms with van der Waals surface area (Å²) >= 11 is 0. The highest BCUT2D eigenvalue weighted by atomic mass is 16.6. The van der Waals surface area contributed by atoms with Gasteiger partial charge in [-0.05, 0) is 19.3 Å². The summed E-state index contributed by atoms with van der Waals surface area (Å²) in [6, 6.07) is 0. The van der Waals surface area contributed by atoms with Gasteiger partial charge < -0.3 is 14.9 Å². The van der Waals surface area contributed by atoms with Crippen molar-refractivity contribution in [2.75, 3.05) is 0 Å². The van der Waals surface area contributed by atoms with Crippen LogP contribution in [-0.2, 0) is 4.74 Å². The second-order valence-corrected chi connectivity index (χ2v) is 3.21. The molecule has 2 N–H and O–H groups in total. The van der Waals surface area contributed by atoms with Crippen LogP contribution in [0.1, 0.15) is 19.3 Å². The van der Waals surface area contributed by atoms with Crippen LogP contribution in [0.2, 0.25) is 0 Å². The highest BCUT2D eigenvalue weighted by Crippen LogP contribution is 2.36. The van der Waals surface area contributed by atoms with Crippen LogP contribution in [0.4, 0.5) is 0 Å². The van der Waals surface area contributed by atoms with Gasteiger partial charge in [0.1, 0.15) is 0 Å². The van der Waals surface area contributed by atoms with Crippen LogP contribution in [0.5, 0.6) is 0 Å². The van der Waals surface area contributed by atoms with E-state index in [1.807, 2.05) is 0 Å². The first-order chi connectivity index (χ1) is 4.77. The molecule has 0 radical (unpaired) electrons. The van der Waals surface area contributed by atoms with E-state index in [0.717, 1.165) is 12.8 Å². The largest absolute Gasteiger partial charge is 0.390 e. The normalized spacial score (nSPS) is 53.4. The number of hydrogen-bond acceptors (Lipinski definition) is 3. The van der Waals surface area contributed by atoms with Crippen molar-refractivity contribution >= 4 is 0 Å². The van der Waals surface area contributed by atoms with Crippen molar-refractivity contribution < 1.29 is 14.9 Å². The third-order valence-electron chi connectivity index (χ3n) is 2.51. The van der Waals surface area contributed by atoms with E-state index < -0.39 is 6.29 Å². The van der Waals surface area contributed by atoms with Gasteiger partial charge in [0.15, 0.2) is 6.29 Å². The topological polar surface area (TPSA) is 49.7 Å².